The minimum absolute atomic E-state index is 0.144. The van der Waals surface area contributed by atoms with E-state index in [1.54, 1.807) is 18.3 Å². The average Bonchev–Trinajstić information content (AvgIpc) is 3.19. The van der Waals surface area contributed by atoms with Crippen molar-refractivity contribution in [3.63, 3.8) is 0 Å². The van der Waals surface area contributed by atoms with E-state index in [4.69, 9.17) is 0 Å². The van der Waals surface area contributed by atoms with Crippen LogP contribution in [-0.2, 0) is 4.79 Å². The highest BCUT2D eigenvalue weighted by Gasteiger charge is 2.17. The summed E-state index contributed by atoms with van der Waals surface area (Å²) in [5.74, 6) is 1.34. The molecule has 0 spiro atoms. The number of carbonyl (C=O) groups excluding carboxylic acids is 1. The van der Waals surface area contributed by atoms with Crippen LogP contribution >= 0.6 is 11.8 Å². The zero-order valence-corrected chi connectivity index (χ0v) is 17.6. The Balaban J connectivity index is 1.62. The summed E-state index contributed by atoms with van der Waals surface area (Å²) in [7, 11) is 0. The van der Waals surface area contributed by atoms with E-state index in [1.165, 1.54) is 22.9 Å². The van der Waals surface area contributed by atoms with Crippen molar-refractivity contribution in [3.8, 4) is 17.1 Å². The van der Waals surface area contributed by atoms with Crippen molar-refractivity contribution in [2.45, 2.75) is 19.0 Å². The third kappa shape index (κ3) is 4.41. The minimum atomic E-state index is -0.144. The Morgan fingerprint density at radius 1 is 0.967 bits per heavy atom. The number of benzene rings is 2. The van der Waals surface area contributed by atoms with Crippen LogP contribution in [0.1, 0.15) is 11.1 Å². The summed E-state index contributed by atoms with van der Waals surface area (Å²) in [5, 5.41) is 12.3. The Hall–Kier alpha value is -3.45. The van der Waals surface area contributed by atoms with Crippen LogP contribution < -0.4 is 5.32 Å². The van der Waals surface area contributed by atoms with Gasteiger partial charge < -0.3 is 5.32 Å². The molecule has 0 aliphatic carbocycles. The molecule has 0 bridgehead atoms. The predicted molar refractivity (Wildman–Crippen MR) is 120 cm³/mol. The highest BCUT2D eigenvalue weighted by atomic mass is 32.2. The first-order valence-corrected chi connectivity index (χ1v) is 10.5. The molecule has 7 heteroatoms. The number of aromatic nitrogens is 4. The number of nitrogens with zero attached hydrogens (tertiary/aromatic N) is 4. The number of pyridine rings is 1. The summed E-state index contributed by atoms with van der Waals surface area (Å²) in [6.07, 6.45) is 1.64. The second kappa shape index (κ2) is 8.92. The van der Waals surface area contributed by atoms with Crippen LogP contribution in [0, 0.1) is 13.8 Å². The SMILES string of the molecule is Cc1ccc(-c2nnc(SCC(=O)Nc3ccccn3)n2-c2ccccc2)cc1C. The number of carbonyl (C=O) groups is 1. The third-order valence-corrected chi connectivity index (χ3v) is 5.61. The van der Waals surface area contributed by atoms with E-state index in [-0.39, 0.29) is 11.7 Å². The fourth-order valence-electron chi connectivity index (χ4n) is 2.99. The van der Waals surface area contributed by atoms with Crippen LogP contribution in [0.15, 0.2) is 78.1 Å². The molecule has 6 nitrogen and oxygen atoms in total. The van der Waals surface area contributed by atoms with Crippen molar-refractivity contribution in [3.05, 3.63) is 84.1 Å². The van der Waals surface area contributed by atoms with E-state index in [2.05, 4.69) is 46.5 Å². The predicted octanol–water partition coefficient (Wildman–Crippen LogP) is 4.68. The van der Waals surface area contributed by atoms with Gasteiger partial charge in [0.05, 0.1) is 5.75 Å². The molecule has 0 aliphatic heterocycles. The van der Waals surface area contributed by atoms with E-state index in [1.807, 2.05) is 47.0 Å². The van der Waals surface area contributed by atoms with Gasteiger partial charge in [0.1, 0.15) is 5.82 Å². The van der Waals surface area contributed by atoms with Crippen LogP contribution in [0.4, 0.5) is 5.82 Å². The van der Waals surface area contributed by atoms with Crippen LogP contribution in [0.3, 0.4) is 0 Å². The van der Waals surface area contributed by atoms with Crippen molar-refractivity contribution >= 4 is 23.5 Å². The molecular formula is C23H21N5OS. The number of nitrogens with one attached hydrogen (secondary N) is 1. The summed E-state index contributed by atoms with van der Waals surface area (Å²) >= 11 is 1.34. The van der Waals surface area contributed by atoms with Gasteiger partial charge in [0.2, 0.25) is 5.91 Å². The zero-order valence-electron chi connectivity index (χ0n) is 16.7. The monoisotopic (exact) mass is 415 g/mol. The number of rotatable bonds is 6. The van der Waals surface area contributed by atoms with Gasteiger partial charge in [-0.1, -0.05) is 48.2 Å². The fourth-order valence-corrected chi connectivity index (χ4v) is 3.74. The van der Waals surface area contributed by atoms with Crippen molar-refractivity contribution < 1.29 is 4.79 Å². The lowest BCUT2D eigenvalue weighted by Gasteiger charge is -2.11. The molecule has 0 atom stereocenters. The van der Waals surface area contributed by atoms with E-state index in [0.29, 0.717) is 11.0 Å². The Morgan fingerprint density at radius 3 is 2.50 bits per heavy atom. The molecule has 1 N–H and O–H groups in total. The van der Waals surface area contributed by atoms with Crippen LogP contribution in [-0.4, -0.2) is 31.4 Å². The van der Waals surface area contributed by atoms with Gasteiger partial charge in [-0.15, -0.1) is 10.2 Å². The van der Waals surface area contributed by atoms with Crippen LogP contribution in [0.25, 0.3) is 17.1 Å². The number of para-hydroxylation sites is 1. The molecule has 0 saturated heterocycles. The topological polar surface area (TPSA) is 72.7 Å². The normalized spacial score (nSPS) is 10.7. The Morgan fingerprint density at radius 2 is 1.77 bits per heavy atom. The van der Waals surface area contributed by atoms with Gasteiger partial charge in [-0.3, -0.25) is 9.36 Å². The first kappa shape index (κ1) is 19.8. The van der Waals surface area contributed by atoms with E-state index < -0.39 is 0 Å². The molecular weight excluding hydrogens is 394 g/mol. The molecule has 4 aromatic rings. The first-order valence-electron chi connectivity index (χ1n) is 9.54. The van der Waals surface area contributed by atoms with Gasteiger partial charge in [0.15, 0.2) is 11.0 Å². The summed E-state index contributed by atoms with van der Waals surface area (Å²) in [6.45, 7) is 4.17. The number of amides is 1. The summed E-state index contributed by atoms with van der Waals surface area (Å²) in [6, 6.07) is 21.6. The molecule has 150 valence electrons. The number of hydrogen-bond donors (Lipinski definition) is 1. The molecule has 0 fully saturated rings. The molecule has 4 rings (SSSR count). The molecule has 2 heterocycles. The fraction of sp³-hybridized carbons (Fsp3) is 0.130. The summed E-state index contributed by atoms with van der Waals surface area (Å²) in [5.41, 5.74) is 4.35. The summed E-state index contributed by atoms with van der Waals surface area (Å²) in [4.78, 5) is 16.5. The maximum atomic E-state index is 12.4. The molecule has 0 unspecified atom stereocenters. The van der Waals surface area contributed by atoms with Crippen LogP contribution in [0.2, 0.25) is 0 Å². The van der Waals surface area contributed by atoms with Gasteiger partial charge >= 0.3 is 0 Å². The zero-order chi connectivity index (χ0) is 20.9. The van der Waals surface area contributed by atoms with E-state index in [0.717, 1.165) is 17.1 Å². The van der Waals surface area contributed by atoms with Crippen molar-refractivity contribution in [2.24, 2.45) is 0 Å². The van der Waals surface area contributed by atoms with Gasteiger partial charge in [0, 0.05) is 17.4 Å². The highest BCUT2D eigenvalue weighted by Crippen LogP contribution is 2.29. The maximum absolute atomic E-state index is 12.4. The van der Waals surface area contributed by atoms with Gasteiger partial charge in [0.25, 0.3) is 0 Å². The average molecular weight is 416 g/mol. The minimum Gasteiger partial charge on any atom is -0.310 e. The molecule has 0 aliphatic rings. The second-order valence-corrected chi connectivity index (χ2v) is 7.77. The first-order chi connectivity index (χ1) is 14.6. The standard InChI is InChI=1S/C23H21N5OS/c1-16-11-12-18(14-17(16)2)22-26-27-23(28(22)19-8-4-3-5-9-19)30-15-21(29)25-20-10-6-7-13-24-20/h3-14H,15H2,1-2H3,(H,24,25,29). The number of hydrogen-bond acceptors (Lipinski definition) is 5. The third-order valence-electron chi connectivity index (χ3n) is 4.68. The number of aryl methyl sites for hydroxylation is 2. The lowest BCUT2D eigenvalue weighted by Crippen LogP contribution is -2.15. The largest absolute Gasteiger partial charge is 0.310 e. The Kier molecular flexibility index (Phi) is 5.90. The van der Waals surface area contributed by atoms with Crippen molar-refractivity contribution in [2.75, 3.05) is 11.1 Å². The maximum Gasteiger partial charge on any atom is 0.236 e. The van der Waals surface area contributed by atoms with Crippen LogP contribution in [0.5, 0.6) is 0 Å². The molecule has 0 saturated carbocycles. The van der Waals surface area contributed by atoms with Crippen molar-refractivity contribution in [1.82, 2.24) is 19.7 Å². The molecule has 0 radical (unpaired) electrons. The van der Waals surface area contributed by atoms with Gasteiger partial charge in [-0.05, 0) is 55.3 Å². The Labute approximate surface area is 179 Å². The lowest BCUT2D eigenvalue weighted by atomic mass is 10.1. The number of thioether (sulfide) groups is 1. The van der Waals surface area contributed by atoms with Crippen molar-refractivity contribution in [1.29, 1.82) is 0 Å². The molecule has 1 amide bonds. The molecule has 30 heavy (non-hydrogen) atoms. The van der Waals surface area contributed by atoms with E-state index in [9.17, 15) is 4.79 Å². The lowest BCUT2D eigenvalue weighted by molar-refractivity contribution is -0.113. The Bertz CT molecular complexity index is 1160. The quantitative estimate of drug-likeness (QED) is 0.463. The van der Waals surface area contributed by atoms with Gasteiger partial charge in [-0.25, -0.2) is 4.98 Å². The number of anilines is 1. The second-order valence-electron chi connectivity index (χ2n) is 6.83. The molecule has 2 aromatic carbocycles. The van der Waals surface area contributed by atoms with Gasteiger partial charge in [-0.2, -0.15) is 0 Å². The highest BCUT2D eigenvalue weighted by molar-refractivity contribution is 7.99. The summed E-state index contributed by atoms with van der Waals surface area (Å²) < 4.78 is 1.99. The molecule has 2 aromatic heterocycles. The smallest absolute Gasteiger partial charge is 0.236 e. The van der Waals surface area contributed by atoms with E-state index >= 15 is 0 Å².